The van der Waals surface area contributed by atoms with Crippen molar-refractivity contribution in [3.8, 4) is 5.75 Å². The number of benzene rings is 1. The lowest BCUT2D eigenvalue weighted by atomic mass is 10.1. The summed E-state index contributed by atoms with van der Waals surface area (Å²) >= 11 is 0. The van der Waals surface area contributed by atoms with Crippen LogP contribution >= 0.6 is 24.0 Å². The predicted octanol–water partition coefficient (Wildman–Crippen LogP) is 2.54. The fourth-order valence-electron chi connectivity index (χ4n) is 3.10. The van der Waals surface area contributed by atoms with Gasteiger partial charge in [-0.1, -0.05) is 12.1 Å². The number of phenolic OH excluding ortho intramolecular Hbond substituents is 1. The highest BCUT2D eigenvalue weighted by molar-refractivity contribution is 14.0. The molecule has 142 valence electrons. The molecular weight excluding hydrogens is 443 g/mol. The van der Waals surface area contributed by atoms with E-state index in [1.165, 1.54) is 0 Å². The Labute approximate surface area is 171 Å². The Morgan fingerprint density at radius 1 is 1.42 bits per heavy atom. The summed E-state index contributed by atoms with van der Waals surface area (Å²) in [6.45, 7) is 6.37. The van der Waals surface area contributed by atoms with Crippen molar-refractivity contribution in [2.24, 2.45) is 4.99 Å². The molecule has 1 aromatic carbocycles. The van der Waals surface area contributed by atoms with Crippen LogP contribution in [0.25, 0.3) is 0 Å². The maximum absolute atomic E-state index is 9.54. The molecule has 0 fully saturated rings. The molecule has 0 spiro atoms. The lowest BCUT2D eigenvalue weighted by Crippen LogP contribution is -2.41. The third kappa shape index (κ3) is 5.33. The Kier molecular flexibility index (Phi) is 7.67. The van der Waals surface area contributed by atoms with Gasteiger partial charge in [0.25, 0.3) is 0 Å². The number of fused-ring (bicyclic) bond motifs is 1. The minimum atomic E-state index is 0. The largest absolute Gasteiger partial charge is 0.508 e. The van der Waals surface area contributed by atoms with Crippen molar-refractivity contribution in [3.63, 3.8) is 0 Å². The van der Waals surface area contributed by atoms with E-state index in [-0.39, 0.29) is 30.0 Å². The number of guanidine groups is 1. The van der Waals surface area contributed by atoms with Crippen molar-refractivity contribution >= 4 is 29.9 Å². The minimum absolute atomic E-state index is 0. The van der Waals surface area contributed by atoms with Crippen LogP contribution < -0.4 is 10.6 Å². The molecule has 8 heteroatoms. The molecule has 0 bridgehead atoms. The van der Waals surface area contributed by atoms with Crippen LogP contribution in [0.1, 0.15) is 43.0 Å². The number of aromatic nitrogens is 3. The van der Waals surface area contributed by atoms with Crippen LogP contribution in [-0.4, -0.2) is 38.9 Å². The van der Waals surface area contributed by atoms with Gasteiger partial charge in [0.2, 0.25) is 0 Å². The number of hydrogen-bond acceptors (Lipinski definition) is 4. The van der Waals surface area contributed by atoms with E-state index in [9.17, 15) is 5.11 Å². The maximum atomic E-state index is 9.54. The van der Waals surface area contributed by atoms with E-state index in [0.29, 0.717) is 12.3 Å². The first-order valence-electron chi connectivity index (χ1n) is 8.90. The zero-order valence-electron chi connectivity index (χ0n) is 15.3. The number of nitrogens with one attached hydrogen (secondary N) is 2. The first-order valence-corrected chi connectivity index (χ1v) is 8.90. The highest BCUT2D eigenvalue weighted by Crippen LogP contribution is 2.22. The summed E-state index contributed by atoms with van der Waals surface area (Å²) in [6.07, 6.45) is 2.89. The van der Waals surface area contributed by atoms with E-state index in [1.54, 1.807) is 12.1 Å². The van der Waals surface area contributed by atoms with Gasteiger partial charge in [-0.15, -0.1) is 24.0 Å². The van der Waals surface area contributed by atoms with Gasteiger partial charge in [-0.25, -0.2) is 9.67 Å². The number of rotatable bonds is 5. The van der Waals surface area contributed by atoms with Crippen LogP contribution in [-0.2, 0) is 13.0 Å². The van der Waals surface area contributed by atoms with Gasteiger partial charge in [-0.05, 0) is 50.8 Å². The topological polar surface area (TPSA) is 87.4 Å². The van der Waals surface area contributed by atoms with Gasteiger partial charge >= 0.3 is 0 Å². The zero-order valence-corrected chi connectivity index (χ0v) is 17.6. The summed E-state index contributed by atoms with van der Waals surface area (Å²) in [5.41, 5.74) is 1.08. The Bertz CT molecular complexity index is 745. The summed E-state index contributed by atoms with van der Waals surface area (Å²) in [6, 6.07) is 7.45. The smallest absolute Gasteiger partial charge is 0.191 e. The number of phenols is 1. The first kappa shape index (κ1) is 20.5. The maximum Gasteiger partial charge on any atom is 0.191 e. The fraction of sp³-hybridized carbons (Fsp3) is 0.500. The molecule has 1 aliphatic heterocycles. The quantitative estimate of drug-likeness (QED) is 0.355. The van der Waals surface area contributed by atoms with Gasteiger partial charge < -0.3 is 15.7 Å². The van der Waals surface area contributed by atoms with E-state index < -0.39 is 0 Å². The van der Waals surface area contributed by atoms with Crippen molar-refractivity contribution in [3.05, 3.63) is 41.5 Å². The average molecular weight is 470 g/mol. The predicted molar refractivity (Wildman–Crippen MR) is 113 cm³/mol. The van der Waals surface area contributed by atoms with Crippen LogP contribution in [0.4, 0.5) is 0 Å². The molecular formula is C18H27IN6O. The monoisotopic (exact) mass is 470 g/mol. The average Bonchev–Trinajstić information content (AvgIpc) is 2.96. The first-order chi connectivity index (χ1) is 12.2. The van der Waals surface area contributed by atoms with Gasteiger partial charge in [0, 0.05) is 19.6 Å². The molecule has 0 saturated heterocycles. The van der Waals surface area contributed by atoms with Gasteiger partial charge in [0.15, 0.2) is 5.96 Å². The Hall–Kier alpha value is -1.84. The summed E-state index contributed by atoms with van der Waals surface area (Å²) < 4.78 is 1.99. The molecule has 1 aromatic heterocycles. The van der Waals surface area contributed by atoms with Crippen molar-refractivity contribution in [2.75, 3.05) is 13.1 Å². The summed E-state index contributed by atoms with van der Waals surface area (Å²) in [5.74, 6) is 2.89. The van der Waals surface area contributed by atoms with Crippen molar-refractivity contribution in [2.45, 2.75) is 45.7 Å². The number of aliphatic imine (C=N–C) groups is 1. The third-order valence-electron chi connectivity index (χ3n) is 4.22. The number of aryl methyl sites for hydroxylation is 2. The molecule has 7 nitrogen and oxygen atoms in total. The van der Waals surface area contributed by atoms with Crippen LogP contribution in [0.15, 0.2) is 29.3 Å². The van der Waals surface area contributed by atoms with Gasteiger partial charge in [0.05, 0.1) is 6.04 Å². The fourth-order valence-corrected chi connectivity index (χ4v) is 3.10. The molecule has 2 aromatic rings. The van der Waals surface area contributed by atoms with Crippen molar-refractivity contribution < 1.29 is 5.11 Å². The summed E-state index contributed by atoms with van der Waals surface area (Å²) in [7, 11) is 0. The molecule has 26 heavy (non-hydrogen) atoms. The minimum Gasteiger partial charge on any atom is -0.508 e. The van der Waals surface area contributed by atoms with Crippen LogP contribution in [0.3, 0.4) is 0 Å². The molecule has 3 rings (SSSR count). The molecule has 0 radical (unpaired) electrons. The highest BCUT2D eigenvalue weighted by Gasteiger charge is 2.24. The van der Waals surface area contributed by atoms with Crippen LogP contribution in [0.2, 0.25) is 0 Å². The number of aromatic hydroxyl groups is 1. The Morgan fingerprint density at radius 3 is 3.04 bits per heavy atom. The van der Waals surface area contributed by atoms with Gasteiger partial charge in [0.1, 0.15) is 17.4 Å². The van der Waals surface area contributed by atoms with E-state index in [0.717, 1.165) is 55.5 Å². The lowest BCUT2D eigenvalue weighted by Gasteiger charge is -2.25. The molecule has 0 aliphatic carbocycles. The summed E-state index contributed by atoms with van der Waals surface area (Å²) in [4.78, 5) is 9.23. The van der Waals surface area contributed by atoms with Gasteiger partial charge in [-0.2, -0.15) is 5.10 Å². The van der Waals surface area contributed by atoms with Crippen molar-refractivity contribution in [1.82, 2.24) is 25.4 Å². The third-order valence-corrected chi connectivity index (χ3v) is 4.22. The second kappa shape index (κ2) is 9.75. The van der Waals surface area contributed by atoms with E-state index in [1.807, 2.05) is 23.7 Å². The van der Waals surface area contributed by atoms with Crippen LogP contribution in [0.5, 0.6) is 5.75 Å². The highest BCUT2D eigenvalue weighted by atomic mass is 127. The second-order valence-corrected chi connectivity index (χ2v) is 6.26. The lowest BCUT2D eigenvalue weighted by molar-refractivity contribution is 0.397. The molecule has 1 atom stereocenters. The number of halogens is 1. The number of nitrogens with zero attached hydrogens (tertiary/aromatic N) is 4. The van der Waals surface area contributed by atoms with Gasteiger partial charge in [-0.3, -0.25) is 4.99 Å². The van der Waals surface area contributed by atoms with E-state index >= 15 is 0 Å². The Morgan fingerprint density at radius 2 is 2.27 bits per heavy atom. The van der Waals surface area contributed by atoms with E-state index in [2.05, 4.69) is 32.6 Å². The molecule has 3 N–H and O–H groups in total. The zero-order chi connectivity index (χ0) is 17.6. The molecule has 2 heterocycles. The van der Waals surface area contributed by atoms with Crippen molar-refractivity contribution in [1.29, 1.82) is 0 Å². The summed E-state index contributed by atoms with van der Waals surface area (Å²) in [5, 5.41) is 20.8. The number of hydrogen-bond donors (Lipinski definition) is 3. The van der Waals surface area contributed by atoms with Crippen LogP contribution in [0, 0.1) is 6.92 Å². The SMILES string of the molecule is CCNC(=NCCc1cccc(O)c1)NC1CCCn2nc(C)nc21.I. The molecule has 0 saturated carbocycles. The van der Waals surface area contributed by atoms with E-state index in [4.69, 9.17) is 0 Å². The normalized spacial score (nSPS) is 16.5. The standard InChI is InChI=1S/C18H26N6O.HI/c1-3-19-18(20-10-9-14-6-4-7-15(25)12-14)22-16-8-5-11-24-17(16)21-13(2)23-24;/h4,6-7,12,16,25H,3,5,8-11H2,1-2H3,(H2,19,20,22);1H. The Balaban J connectivity index is 0.00000243. The molecule has 1 aliphatic rings. The second-order valence-electron chi connectivity index (χ2n) is 6.26. The molecule has 0 amide bonds. The molecule has 1 unspecified atom stereocenters.